The van der Waals surface area contributed by atoms with E-state index in [1.807, 2.05) is 24.3 Å². The normalized spacial score (nSPS) is 12.2. The molecule has 0 saturated carbocycles. The summed E-state index contributed by atoms with van der Waals surface area (Å²) in [5.41, 5.74) is 2.00. The van der Waals surface area contributed by atoms with Gasteiger partial charge >= 0.3 is 0 Å². The van der Waals surface area contributed by atoms with E-state index in [-0.39, 0.29) is 0 Å². The summed E-state index contributed by atoms with van der Waals surface area (Å²) >= 11 is 5.74. The van der Waals surface area contributed by atoms with Crippen molar-refractivity contribution < 1.29 is 5.11 Å². The quantitative estimate of drug-likeness (QED) is 0.891. The van der Waals surface area contributed by atoms with E-state index in [0.29, 0.717) is 17.5 Å². The van der Waals surface area contributed by atoms with E-state index in [9.17, 15) is 5.11 Å². The summed E-state index contributed by atoms with van der Waals surface area (Å²) in [4.78, 5) is 8.03. The number of nitrogens with one attached hydrogen (secondary N) is 1. The van der Waals surface area contributed by atoms with Gasteiger partial charge in [0.1, 0.15) is 11.0 Å². The summed E-state index contributed by atoms with van der Waals surface area (Å²) in [6, 6.07) is 7.75. The predicted octanol–water partition coefficient (Wildman–Crippen LogP) is 2.80. The molecule has 2 rings (SSSR count). The zero-order valence-corrected chi connectivity index (χ0v) is 10.7. The number of hydrogen-bond donors (Lipinski definition) is 2. The molecule has 0 amide bonds. The Balaban J connectivity index is 1.98. The molecule has 0 aliphatic carbocycles. The summed E-state index contributed by atoms with van der Waals surface area (Å²) in [7, 11) is 0. The molecule has 4 nitrogen and oxygen atoms in total. The molecule has 1 heterocycles. The summed E-state index contributed by atoms with van der Waals surface area (Å²) in [6.45, 7) is 2.38. The van der Waals surface area contributed by atoms with Gasteiger partial charge in [-0.25, -0.2) is 4.98 Å². The topological polar surface area (TPSA) is 58.0 Å². The van der Waals surface area contributed by atoms with Gasteiger partial charge in [-0.1, -0.05) is 35.9 Å². The van der Waals surface area contributed by atoms with Crippen LogP contribution in [-0.2, 0) is 6.54 Å². The van der Waals surface area contributed by atoms with Crippen molar-refractivity contribution in [1.29, 1.82) is 0 Å². The van der Waals surface area contributed by atoms with Crippen LogP contribution in [0.5, 0.6) is 0 Å². The molecule has 1 aromatic carbocycles. The van der Waals surface area contributed by atoms with Gasteiger partial charge < -0.3 is 10.4 Å². The first-order chi connectivity index (χ1) is 8.65. The third kappa shape index (κ3) is 3.42. The maximum atomic E-state index is 9.40. The molecule has 0 bridgehead atoms. The fourth-order valence-electron chi connectivity index (χ4n) is 1.53. The first-order valence-corrected chi connectivity index (χ1v) is 6.01. The highest BCUT2D eigenvalue weighted by atomic mass is 35.5. The molecular weight excluding hydrogens is 250 g/mol. The summed E-state index contributed by atoms with van der Waals surface area (Å²) in [5, 5.41) is 12.9. The maximum absolute atomic E-state index is 9.40. The van der Waals surface area contributed by atoms with Gasteiger partial charge in [-0.15, -0.1) is 0 Å². The lowest BCUT2D eigenvalue weighted by molar-refractivity contribution is 0.199. The number of aliphatic hydroxyl groups is 1. The predicted molar refractivity (Wildman–Crippen MR) is 71.4 cm³/mol. The van der Waals surface area contributed by atoms with Crippen molar-refractivity contribution in [3.05, 3.63) is 52.9 Å². The molecule has 5 heteroatoms. The molecule has 1 atom stereocenters. The highest BCUT2D eigenvalue weighted by Gasteiger charge is 2.01. The van der Waals surface area contributed by atoms with Crippen LogP contribution in [0.15, 0.2) is 36.7 Å². The van der Waals surface area contributed by atoms with Gasteiger partial charge in [0.25, 0.3) is 0 Å². The Morgan fingerprint density at radius 1 is 1.28 bits per heavy atom. The smallest absolute Gasteiger partial charge is 0.149 e. The van der Waals surface area contributed by atoms with E-state index < -0.39 is 6.10 Å². The van der Waals surface area contributed by atoms with Crippen LogP contribution < -0.4 is 5.32 Å². The second-order valence-electron chi connectivity index (χ2n) is 4.00. The number of aromatic nitrogens is 2. The van der Waals surface area contributed by atoms with E-state index in [4.69, 9.17) is 11.6 Å². The average molecular weight is 264 g/mol. The third-order valence-electron chi connectivity index (χ3n) is 2.54. The zero-order valence-electron chi connectivity index (χ0n) is 9.97. The number of hydrogen-bond acceptors (Lipinski definition) is 4. The van der Waals surface area contributed by atoms with Crippen molar-refractivity contribution in [3.8, 4) is 0 Å². The fraction of sp³-hybridized carbons (Fsp3) is 0.231. The lowest BCUT2D eigenvalue weighted by atomic mass is 10.1. The molecule has 0 fully saturated rings. The molecule has 0 aliphatic heterocycles. The van der Waals surface area contributed by atoms with Crippen molar-refractivity contribution in [2.24, 2.45) is 0 Å². The maximum Gasteiger partial charge on any atom is 0.149 e. The van der Waals surface area contributed by atoms with Gasteiger partial charge in [0.05, 0.1) is 18.5 Å². The summed E-state index contributed by atoms with van der Waals surface area (Å²) in [5.74, 6) is 0.641. The highest BCUT2D eigenvalue weighted by Crippen LogP contribution is 2.14. The van der Waals surface area contributed by atoms with Gasteiger partial charge in [-0.3, -0.25) is 4.98 Å². The molecule has 2 N–H and O–H groups in total. The monoisotopic (exact) mass is 263 g/mol. The van der Waals surface area contributed by atoms with Crippen molar-refractivity contribution in [3.63, 3.8) is 0 Å². The second-order valence-corrected chi connectivity index (χ2v) is 4.39. The average Bonchev–Trinajstić information content (AvgIpc) is 2.37. The molecule has 0 saturated heterocycles. The molecule has 0 radical (unpaired) electrons. The van der Waals surface area contributed by atoms with E-state index in [0.717, 1.165) is 11.1 Å². The molecule has 2 aromatic rings. The first-order valence-electron chi connectivity index (χ1n) is 5.63. The van der Waals surface area contributed by atoms with Crippen LogP contribution in [0.2, 0.25) is 5.15 Å². The van der Waals surface area contributed by atoms with Crippen LogP contribution in [0.4, 0.5) is 5.82 Å². The van der Waals surface area contributed by atoms with E-state index in [2.05, 4.69) is 15.3 Å². The van der Waals surface area contributed by atoms with Crippen molar-refractivity contribution in [2.75, 3.05) is 5.32 Å². The van der Waals surface area contributed by atoms with E-state index >= 15 is 0 Å². The van der Waals surface area contributed by atoms with Crippen molar-refractivity contribution >= 4 is 17.4 Å². The Labute approximate surface area is 111 Å². The van der Waals surface area contributed by atoms with Crippen LogP contribution in [0.1, 0.15) is 24.2 Å². The Hall–Kier alpha value is -1.65. The zero-order chi connectivity index (χ0) is 13.0. The van der Waals surface area contributed by atoms with E-state index in [1.165, 1.54) is 6.20 Å². The standard InChI is InChI=1S/C13H14ClN3O/c1-9(18)11-4-2-10(3-5-11)6-16-13-8-15-7-12(14)17-13/h2-5,7-9,18H,6H2,1H3,(H,16,17). The number of benzene rings is 1. The van der Waals surface area contributed by atoms with Crippen LogP contribution in [0.25, 0.3) is 0 Å². The van der Waals surface area contributed by atoms with Gasteiger partial charge in [-0.2, -0.15) is 0 Å². The Kier molecular flexibility index (Phi) is 4.12. The Bertz CT molecular complexity index is 514. The number of rotatable bonds is 4. The van der Waals surface area contributed by atoms with Crippen LogP contribution in [0, 0.1) is 0 Å². The lowest BCUT2D eigenvalue weighted by Gasteiger charge is -2.08. The molecule has 1 aromatic heterocycles. The lowest BCUT2D eigenvalue weighted by Crippen LogP contribution is -2.02. The minimum atomic E-state index is -0.439. The van der Waals surface area contributed by atoms with Gasteiger partial charge in [0.15, 0.2) is 0 Å². The largest absolute Gasteiger partial charge is 0.389 e. The second kappa shape index (κ2) is 5.80. The van der Waals surface area contributed by atoms with Gasteiger partial charge in [-0.05, 0) is 18.1 Å². The van der Waals surface area contributed by atoms with Crippen LogP contribution in [0.3, 0.4) is 0 Å². The van der Waals surface area contributed by atoms with E-state index in [1.54, 1.807) is 13.1 Å². The molecule has 94 valence electrons. The molecule has 0 aliphatic rings. The summed E-state index contributed by atoms with van der Waals surface area (Å²) < 4.78 is 0. The minimum Gasteiger partial charge on any atom is -0.389 e. The first kappa shape index (κ1) is 12.8. The Morgan fingerprint density at radius 3 is 2.61 bits per heavy atom. The number of halogens is 1. The van der Waals surface area contributed by atoms with Crippen molar-refractivity contribution in [1.82, 2.24) is 9.97 Å². The molecule has 18 heavy (non-hydrogen) atoms. The molecule has 1 unspecified atom stereocenters. The SMILES string of the molecule is CC(O)c1ccc(CNc2cncc(Cl)n2)cc1. The number of nitrogens with zero attached hydrogens (tertiary/aromatic N) is 2. The number of aliphatic hydroxyl groups excluding tert-OH is 1. The van der Waals surface area contributed by atoms with Crippen molar-refractivity contribution in [2.45, 2.75) is 19.6 Å². The van der Waals surface area contributed by atoms with Gasteiger partial charge in [0.2, 0.25) is 0 Å². The fourth-order valence-corrected chi connectivity index (χ4v) is 1.68. The third-order valence-corrected chi connectivity index (χ3v) is 2.72. The van der Waals surface area contributed by atoms with Gasteiger partial charge in [0, 0.05) is 6.54 Å². The van der Waals surface area contributed by atoms with Crippen LogP contribution in [-0.4, -0.2) is 15.1 Å². The molecule has 0 spiro atoms. The molecular formula is C13H14ClN3O. The highest BCUT2D eigenvalue weighted by molar-refractivity contribution is 6.29. The minimum absolute atomic E-state index is 0.365. The summed E-state index contributed by atoms with van der Waals surface area (Å²) in [6.07, 6.45) is 2.67. The Morgan fingerprint density at radius 2 is 2.00 bits per heavy atom. The van der Waals surface area contributed by atoms with Crippen LogP contribution >= 0.6 is 11.6 Å². The number of anilines is 1.